The van der Waals surface area contributed by atoms with Crippen molar-refractivity contribution >= 4 is 46.4 Å². The van der Waals surface area contributed by atoms with Crippen LogP contribution in [-0.4, -0.2) is 30.2 Å². The molecule has 1 aliphatic heterocycles. The summed E-state index contributed by atoms with van der Waals surface area (Å²) in [6.07, 6.45) is -0.0795. The van der Waals surface area contributed by atoms with Crippen LogP contribution in [0.3, 0.4) is 0 Å². The SMILES string of the molecule is CC(CC(=O)Nc1ccc2c(c1)OCO2)=NNC(=O)C(=O)Nc1ccc(C)c(Cl)c1. The van der Waals surface area contributed by atoms with Gasteiger partial charge in [-0.05, 0) is 43.7 Å². The Balaban J connectivity index is 1.48. The molecule has 1 heterocycles. The third-order valence-electron chi connectivity index (χ3n) is 4.06. The number of carbonyl (C=O) groups excluding carboxylic acids is 3. The molecule has 30 heavy (non-hydrogen) atoms. The highest BCUT2D eigenvalue weighted by atomic mass is 35.5. The van der Waals surface area contributed by atoms with Gasteiger partial charge in [-0.15, -0.1) is 0 Å². The zero-order chi connectivity index (χ0) is 21.7. The minimum absolute atomic E-state index is 0.0795. The Kier molecular flexibility index (Phi) is 6.53. The molecule has 3 amide bonds. The van der Waals surface area contributed by atoms with Crippen LogP contribution in [0.5, 0.6) is 11.5 Å². The van der Waals surface area contributed by atoms with Crippen molar-refractivity contribution in [2.75, 3.05) is 17.4 Å². The summed E-state index contributed by atoms with van der Waals surface area (Å²) in [4.78, 5) is 36.0. The third kappa shape index (κ3) is 5.48. The molecular formula is C20H19ClN4O5. The molecule has 156 valence electrons. The Bertz CT molecular complexity index is 1040. The van der Waals surface area contributed by atoms with Crippen molar-refractivity contribution in [2.24, 2.45) is 5.10 Å². The van der Waals surface area contributed by atoms with E-state index in [-0.39, 0.29) is 19.1 Å². The zero-order valence-corrected chi connectivity index (χ0v) is 17.0. The fourth-order valence-electron chi connectivity index (χ4n) is 2.51. The first-order valence-electron chi connectivity index (χ1n) is 8.92. The van der Waals surface area contributed by atoms with E-state index in [1.54, 1.807) is 37.3 Å². The summed E-state index contributed by atoms with van der Waals surface area (Å²) in [6, 6.07) is 9.91. The van der Waals surface area contributed by atoms with Crippen molar-refractivity contribution in [1.29, 1.82) is 0 Å². The molecule has 0 fully saturated rings. The lowest BCUT2D eigenvalue weighted by Gasteiger charge is -2.07. The number of nitrogens with one attached hydrogen (secondary N) is 3. The number of ether oxygens (including phenoxy) is 2. The molecule has 0 aliphatic carbocycles. The van der Waals surface area contributed by atoms with Crippen molar-refractivity contribution < 1.29 is 23.9 Å². The predicted molar refractivity (Wildman–Crippen MR) is 112 cm³/mol. The average molecular weight is 431 g/mol. The molecule has 2 aromatic rings. The highest BCUT2D eigenvalue weighted by molar-refractivity contribution is 6.40. The van der Waals surface area contributed by atoms with Gasteiger partial charge in [-0.1, -0.05) is 17.7 Å². The van der Waals surface area contributed by atoms with Gasteiger partial charge in [0, 0.05) is 28.2 Å². The highest BCUT2D eigenvalue weighted by Gasteiger charge is 2.16. The van der Waals surface area contributed by atoms with Gasteiger partial charge in [-0.3, -0.25) is 14.4 Å². The van der Waals surface area contributed by atoms with Crippen LogP contribution in [0.15, 0.2) is 41.5 Å². The van der Waals surface area contributed by atoms with Gasteiger partial charge in [0.15, 0.2) is 11.5 Å². The molecular weight excluding hydrogens is 412 g/mol. The van der Waals surface area contributed by atoms with Gasteiger partial charge >= 0.3 is 11.8 Å². The Labute approximate surface area is 177 Å². The third-order valence-corrected chi connectivity index (χ3v) is 4.46. The second kappa shape index (κ2) is 9.27. The van der Waals surface area contributed by atoms with Gasteiger partial charge in [0.1, 0.15) is 0 Å². The Morgan fingerprint density at radius 3 is 2.47 bits per heavy atom. The smallest absolute Gasteiger partial charge is 0.329 e. The number of hydrogen-bond acceptors (Lipinski definition) is 6. The number of benzene rings is 2. The van der Waals surface area contributed by atoms with Gasteiger partial charge in [0.25, 0.3) is 0 Å². The average Bonchev–Trinajstić information content (AvgIpc) is 3.16. The lowest BCUT2D eigenvalue weighted by molar-refractivity contribution is -0.136. The fourth-order valence-corrected chi connectivity index (χ4v) is 2.69. The van der Waals surface area contributed by atoms with Gasteiger partial charge in [0.2, 0.25) is 12.7 Å². The number of carbonyl (C=O) groups is 3. The lowest BCUT2D eigenvalue weighted by Crippen LogP contribution is -2.33. The predicted octanol–water partition coefficient (Wildman–Crippen LogP) is 2.84. The van der Waals surface area contributed by atoms with Crippen molar-refractivity contribution in [3.8, 4) is 11.5 Å². The number of hydrogen-bond donors (Lipinski definition) is 3. The van der Waals surface area contributed by atoms with Gasteiger partial charge in [-0.25, -0.2) is 5.43 Å². The van der Waals surface area contributed by atoms with Gasteiger partial charge in [-0.2, -0.15) is 5.10 Å². The normalized spacial score (nSPS) is 12.3. The van der Waals surface area contributed by atoms with E-state index in [4.69, 9.17) is 21.1 Å². The molecule has 9 nitrogen and oxygen atoms in total. The molecule has 0 saturated heterocycles. The number of hydrazone groups is 1. The zero-order valence-electron chi connectivity index (χ0n) is 16.2. The van der Waals surface area contributed by atoms with Crippen LogP contribution in [0.1, 0.15) is 18.9 Å². The quantitative estimate of drug-likeness (QED) is 0.383. The van der Waals surface area contributed by atoms with Gasteiger partial charge in [0.05, 0.1) is 6.42 Å². The fraction of sp³-hybridized carbons (Fsp3) is 0.200. The number of aryl methyl sites for hydroxylation is 1. The number of fused-ring (bicyclic) bond motifs is 1. The largest absolute Gasteiger partial charge is 0.454 e. The number of halogens is 1. The number of rotatable bonds is 5. The second-order valence-electron chi connectivity index (χ2n) is 6.50. The molecule has 0 atom stereocenters. The first kappa shape index (κ1) is 21.1. The monoisotopic (exact) mass is 430 g/mol. The maximum Gasteiger partial charge on any atom is 0.329 e. The minimum atomic E-state index is -0.970. The van der Waals surface area contributed by atoms with Gasteiger partial charge < -0.3 is 20.1 Å². The van der Waals surface area contributed by atoms with Crippen LogP contribution in [0.2, 0.25) is 5.02 Å². The standard InChI is InChI=1S/C20H19ClN4O5/c1-11-3-4-13(8-15(11)21)23-19(27)20(28)25-24-12(2)7-18(26)22-14-5-6-16-17(9-14)30-10-29-16/h3-6,8-9H,7,10H2,1-2H3,(H,22,26)(H,23,27)(H,25,28). The van der Waals surface area contributed by atoms with Crippen LogP contribution >= 0.6 is 11.6 Å². The summed E-state index contributed by atoms with van der Waals surface area (Å²) >= 11 is 5.99. The van der Waals surface area contributed by atoms with Crippen molar-refractivity contribution in [3.05, 3.63) is 47.0 Å². The summed E-state index contributed by atoms with van der Waals surface area (Å²) in [5.41, 5.74) is 4.20. The Hall–Kier alpha value is -3.59. The highest BCUT2D eigenvalue weighted by Crippen LogP contribution is 2.34. The first-order valence-corrected chi connectivity index (χ1v) is 9.30. The van der Waals surface area contributed by atoms with Crippen LogP contribution in [-0.2, 0) is 14.4 Å². The summed E-state index contributed by atoms with van der Waals surface area (Å²) in [5.74, 6) is -1.06. The van der Waals surface area contributed by atoms with E-state index in [0.29, 0.717) is 33.6 Å². The van der Waals surface area contributed by atoms with E-state index in [9.17, 15) is 14.4 Å². The van der Waals surface area contributed by atoms with E-state index < -0.39 is 11.8 Å². The van der Waals surface area contributed by atoms with E-state index in [1.807, 2.05) is 6.92 Å². The maximum atomic E-state index is 12.1. The molecule has 0 aromatic heterocycles. The molecule has 3 N–H and O–H groups in total. The van der Waals surface area contributed by atoms with E-state index in [1.165, 1.54) is 6.07 Å². The van der Waals surface area contributed by atoms with Crippen LogP contribution < -0.4 is 25.5 Å². The van der Waals surface area contributed by atoms with Crippen LogP contribution in [0, 0.1) is 6.92 Å². The summed E-state index contributed by atoms with van der Waals surface area (Å²) in [6.45, 7) is 3.51. The van der Waals surface area contributed by atoms with Crippen molar-refractivity contribution in [3.63, 3.8) is 0 Å². The molecule has 3 rings (SSSR count). The second-order valence-corrected chi connectivity index (χ2v) is 6.91. The lowest BCUT2D eigenvalue weighted by atomic mass is 10.2. The molecule has 1 aliphatic rings. The molecule has 0 unspecified atom stereocenters. The Morgan fingerprint density at radius 1 is 1.00 bits per heavy atom. The van der Waals surface area contributed by atoms with Crippen LogP contribution in [0.4, 0.5) is 11.4 Å². The first-order chi connectivity index (χ1) is 14.3. The molecule has 2 aromatic carbocycles. The maximum absolute atomic E-state index is 12.1. The minimum Gasteiger partial charge on any atom is -0.454 e. The number of nitrogens with zero attached hydrogens (tertiary/aromatic N) is 1. The van der Waals surface area contributed by atoms with Crippen molar-refractivity contribution in [2.45, 2.75) is 20.3 Å². The van der Waals surface area contributed by atoms with Crippen LogP contribution in [0.25, 0.3) is 0 Å². The summed E-state index contributed by atoms with van der Waals surface area (Å²) < 4.78 is 10.5. The van der Waals surface area contributed by atoms with E-state index in [0.717, 1.165) is 5.56 Å². The molecule has 10 heteroatoms. The number of amides is 3. The van der Waals surface area contributed by atoms with Crippen molar-refractivity contribution in [1.82, 2.24) is 5.43 Å². The van der Waals surface area contributed by atoms with E-state index >= 15 is 0 Å². The molecule has 0 spiro atoms. The Morgan fingerprint density at radius 2 is 1.70 bits per heavy atom. The topological polar surface area (TPSA) is 118 Å². The molecule has 0 saturated carbocycles. The number of anilines is 2. The summed E-state index contributed by atoms with van der Waals surface area (Å²) in [5, 5.41) is 9.37. The van der Waals surface area contributed by atoms with E-state index in [2.05, 4.69) is 21.2 Å². The molecule has 0 radical (unpaired) electrons. The molecule has 0 bridgehead atoms. The summed E-state index contributed by atoms with van der Waals surface area (Å²) in [7, 11) is 0.